The quantitative estimate of drug-likeness (QED) is 0.504. The van der Waals surface area contributed by atoms with E-state index in [0.717, 1.165) is 22.6 Å². The number of aryl methyl sites for hydroxylation is 1. The summed E-state index contributed by atoms with van der Waals surface area (Å²) in [5.74, 6) is 1.33. The Bertz CT molecular complexity index is 432. The SMILES string of the molecule is CCC(C)CSc1cc(C)c(N)c(C(=O)OC)c1. The van der Waals surface area contributed by atoms with Gasteiger partial charge in [0.05, 0.1) is 12.7 Å². The third-order valence-corrected chi connectivity index (χ3v) is 4.30. The third-order valence-electron chi connectivity index (χ3n) is 3.00. The Kier molecular flexibility index (Phi) is 5.54. The highest BCUT2D eigenvalue weighted by molar-refractivity contribution is 7.99. The molecule has 100 valence electrons. The summed E-state index contributed by atoms with van der Waals surface area (Å²) in [6.45, 7) is 6.31. The Balaban J connectivity index is 2.94. The molecule has 0 amide bonds. The van der Waals surface area contributed by atoms with E-state index in [1.54, 1.807) is 11.8 Å². The first-order valence-corrected chi connectivity index (χ1v) is 7.09. The molecule has 2 N–H and O–H groups in total. The molecule has 1 rings (SSSR count). The van der Waals surface area contributed by atoms with Crippen LogP contribution in [0.2, 0.25) is 0 Å². The molecule has 0 saturated heterocycles. The fourth-order valence-corrected chi connectivity index (χ4v) is 2.66. The van der Waals surface area contributed by atoms with E-state index in [1.165, 1.54) is 7.11 Å². The van der Waals surface area contributed by atoms with Gasteiger partial charge in [0.2, 0.25) is 0 Å². The molecule has 0 fully saturated rings. The first-order valence-electron chi connectivity index (χ1n) is 6.10. The van der Waals surface area contributed by atoms with Gasteiger partial charge in [-0.2, -0.15) is 0 Å². The van der Waals surface area contributed by atoms with E-state index < -0.39 is 0 Å². The summed E-state index contributed by atoms with van der Waals surface area (Å²) in [6, 6.07) is 3.84. The van der Waals surface area contributed by atoms with Crippen LogP contribution in [-0.2, 0) is 4.74 Å². The Labute approximate surface area is 113 Å². The van der Waals surface area contributed by atoms with Gasteiger partial charge in [0, 0.05) is 16.3 Å². The van der Waals surface area contributed by atoms with Crippen molar-refractivity contribution in [2.45, 2.75) is 32.1 Å². The van der Waals surface area contributed by atoms with E-state index in [0.29, 0.717) is 17.2 Å². The zero-order valence-corrected chi connectivity index (χ0v) is 12.3. The minimum Gasteiger partial charge on any atom is -0.465 e. The molecule has 3 nitrogen and oxygen atoms in total. The van der Waals surface area contributed by atoms with Gasteiger partial charge in [-0.25, -0.2) is 4.79 Å². The number of esters is 1. The van der Waals surface area contributed by atoms with Crippen molar-refractivity contribution in [3.8, 4) is 0 Å². The minimum absolute atomic E-state index is 0.374. The maximum atomic E-state index is 11.6. The van der Waals surface area contributed by atoms with Gasteiger partial charge in [-0.3, -0.25) is 0 Å². The highest BCUT2D eigenvalue weighted by atomic mass is 32.2. The van der Waals surface area contributed by atoms with Crippen LogP contribution in [-0.4, -0.2) is 18.8 Å². The smallest absolute Gasteiger partial charge is 0.340 e. The number of thioether (sulfide) groups is 1. The summed E-state index contributed by atoms with van der Waals surface area (Å²) in [5, 5.41) is 0. The average Bonchev–Trinajstić information content (AvgIpc) is 2.38. The standard InChI is InChI=1S/C14H21NO2S/c1-5-9(2)8-18-11-6-10(3)13(15)12(7-11)14(16)17-4/h6-7,9H,5,8,15H2,1-4H3. The van der Waals surface area contributed by atoms with Crippen LogP contribution in [0, 0.1) is 12.8 Å². The van der Waals surface area contributed by atoms with Crippen LogP contribution < -0.4 is 5.73 Å². The fraction of sp³-hybridized carbons (Fsp3) is 0.500. The predicted molar refractivity (Wildman–Crippen MR) is 77.1 cm³/mol. The van der Waals surface area contributed by atoms with Gasteiger partial charge in [0.25, 0.3) is 0 Å². The van der Waals surface area contributed by atoms with E-state index >= 15 is 0 Å². The van der Waals surface area contributed by atoms with Crippen molar-refractivity contribution in [1.29, 1.82) is 0 Å². The summed E-state index contributed by atoms with van der Waals surface area (Å²) < 4.78 is 4.75. The molecule has 0 aliphatic carbocycles. The summed E-state index contributed by atoms with van der Waals surface area (Å²) >= 11 is 1.75. The number of methoxy groups -OCH3 is 1. The maximum Gasteiger partial charge on any atom is 0.340 e. The molecule has 0 bridgehead atoms. The van der Waals surface area contributed by atoms with E-state index in [2.05, 4.69) is 13.8 Å². The number of rotatable bonds is 5. The number of anilines is 1. The van der Waals surface area contributed by atoms with Crippen molar-refractivity contribution in [2.75, 3.05) is 18.6 Å². The predicted octanol–water partition coefficient (Wildman–Crippen LogP) is 3.50. The molecule has 1 aromatic carbocycles. The molecule has 0 aliphatic heterocycles. The van der Waals surface area contributed by atoms with Crippen LogP contribution in [0.25, 0.3) is 0 Å². The first-order chi connectivity index (χ1) is 8.49. The number of nitrogens with two attached hydrogens (primary N) is 1. The van der Waals surface area contributed by atoms with Gasteiger partial charge in [-0.1, -0.05) is 20.3 Å². The molecule has 0 spiro atoms. The van der Waals surface area contributed by atoms with Gasteiger partial charge in [0.1, 0.15) is 0 Å². The number of hydrogen-bond acceptors (Lipinski definition) is 4. The second kappa shape index (κ2) is 6.69. The topological polar surface area (TPSA) is 52.3 Å². The molecule has 0 aromatic heterocycles. The van der Waals surface area contributed by atoms with Gasteiger partial charge < -0.3 is 10.5 Å². The van der Waals surface area contributed by atoms with E-state index in [4.69, 9.17) is 10.5 Å². The van der Waals surface area contributed by atoms with Crippen LogP contribution in [0.5, 0.6) is 0 Å². The Morgan fingerprint density at radius 3 is 2.72 bits per heavy atom. The van der Waals surface area contributed by atoms with Crippen molar-refractivity contribution < 1.29 is 9.53 Å². The van der Waals surface area contributed by atoms with Crippen LogP contribution in [0.4, 0.5) is 5.69 Å². The second-order valence-corrected chi connectivity index (χ2v) is 5.61. The lowest BCUT2D eigenvalue weighted by Crippen LogP contribution is -2.07. The molecule has 0 heterocycles. The van der Waals surface area contributed by atoms with Crippen LogP contribution in [0.15, 0.2) is 17.0 Å². The van der Waals surface area contributed by atoms with Gasteiger partial charge >= 0.3 is 5.97 Å². The molecule has 1 atom stereocenters. The number of carbonyl (C=O) groups is 1. The van der Waals surface area contributed by atoms with Crippen molar-refractivity contribution in [3.05, 3.63) is 23.3 Å². The number of nitrogen functional groups attached to an aromatic ring is 1. The number of carbonyl (C=O) groups excluding carboxylic acids is 1. The average molecular weight is 267 g/mol. The maximum absolute atomic E-state index is 11.6. The molecule has 1 aromatic rings. The molecule has 0 saturated carbocycles. The number of hydrogen-bond donors (Lipinski definition) is 1. The van der Waals surface area contributed by atoms with Crippen LogP contribution >= 0.6 is 11.8 Å². The highest BCUT2D eigenvalue weighted by Gasteiger charge is 2.14. The second-order valence-electron chi connectivity index (χ2n) is 4.52. The molecular formula is C14H21NO2S. The Morgan fingerprint density at radius 1 is 1.50 bits per heavy atom. The molecule has 18 heavy (non-hydrogen) atoms. The fourth-order valence-electron chi connectivity index (χ4n) is 1.48. The molecule has 0 radical (unpaired) electrons. The Hall–Kier alpha value is -1.16. The third kappa shape index (κ3) is 3.67. The lowest BCUT2D eigenvalue weighted by molar-refractivity contribution is 0.0601. The van der Waals surface area contributed by atoms with Crippen molar-refractivity contribution >= 4 is 23.4 Å². The summed E-state index contributed by atoms with van der Waals surface area (Å²) in [6.07, 6.45) is 1.16. The molecule has 1 unspecified atom stereocenters. The Morgan fingerprint density at radius 2 is 2.17 bits per heavy atom. The van der Waals surface area contributed by atoms with Crippen molar-refractivity contribution in [3.63, 3.8) is 0 Å². The van der Waals surface area contributed by atoms with Crippen LogP contribution in [0.1, 0.15) is 36.2 Å². The van der Waals surface area contributed by atoms with Gasteiger partial charge in [0.15, 0.2) is 0 Å². The number of ether oxygens (including phenoxy) is 1. The first kappa shape index (κ1) is 14.9. The zero-order valence-electron chi connectivity index (χ0n) is 11.4. The molecule has 4 heteroatoms. The summed E-state index contributed by atoms with van der Waals surface area (Å²) in [7, 11) is 1.37. The normalized spacial score (nSPS) is 12.2. The van der Waals surface area contributed by atoms with Gasteiger partial charge in [-0.05, 0) is 30.5 Å². The molecular weight excluding hydrogens is 246 g/mol. The lowest BCUT2D eigenvalue weighted by atomic mass is 10.1. The summed E-state index contributed by atoms with van der Waals surface area (Å²) in [4.78, 5) is 12.7. The van der Waals surface area contributed by atoms with Crippen molar-refractivity contribution in [2.24, 2.45) is 5.92 Å². The van der Waals surface area contributed by atoms with E-state index in [9.17, 15) is 4.79 Å². The van der Waals surface area contributed by atoms with Gasteiger partial charge in [-0.15, -0.1) is 11.8 Å². The van der Waals surface area contributed by atoms with Crippen molar-refractivity contribution in [1.82, 2.24) is 0 Å². The van der Waals surface area contributed by atoms with E-state index in [1.807, 2.05) is 19.1 Å². The monoisotopic (exact) mass is 267 g/mol. The zero-order chi connectivity index (χ0) is 13.7. The molecule has 0 aliphatic rings. The highest BCUT2D eigenvalue weighted by Crippen LogP contribution is 2.28. The van der Waals surface area contributed by atoms with Crippen LogP contribution in [0.3, 0.4) is 0 Å². The summed E-state index contributed by atoms with van der Waals surface area (Å²) in [5.41, 5.74) is 7.79. The number of benzene rings is 1. The minimum atomic E-state index is -0.374. The lowest BCUT2D eigenvalue weighted by Gasteiger charge is -2.12. The van der Waals surface area contributed by atoms with E-state index in [-0.39, 0.29) is 5.97 Å². The largest absolute Gasteiger partial charge is 0.465 e.